The third kappa shape index (κ3) is 5.71. The monoisotopic (exact) mass is 478 g/mol. The van der Waals surface area contributed by atoms with Crippen LogP contribution in [0.15, 0.2) is 53.6 Å². The lowest BCUT2D eigenvalue weighted by Crippen LogP contribution is -2.50. The van der Waals surface area contributed by atoms with Crippen LogP contribution >= 0.6 is 0 Å². The number of nitrogens with one attached hydrogen (secondary N) is 2. The summed E-state index contributed by atoms with van der Waals surface area (Å²) in [5.41, 5.74) is 2.10. The first-order valence-electron chi connectivity index (χ1n) is 11.5. The fourth-order valence-electron chi connectivity index (χ4n) is 3.85. The molecule has 0 unspecified atom stereocenters. The van der Waals surface area contributed by atoms with Gasteiger partial charge in [0.25, 0.3) is 5.91 Å². The summed E-state index contributed by atoms with van der Waals surface area (Å²) in [6.07, 6.45) is 3.05. The van der Waals surface area contributed by atoms with Gasteiger partial charge in [0.15, 0.2) is 0 Å². The topological polar surface area (TPSA) is 113 Å². The number of hydrogen-bond acceptors (Lipinski definition) is 6. The summed E-state index contributed by atoms with van der Waals surface area (Å²) in [6, 6.07) is 10.4. The Morgan fingerprint density at radius 3 is 2.20 bits per heavy atom. The molecule has 1 aliphatic heterocycles. The number of pyridine rings is 1. The van der Waals surface area contributed by atoms with E-state index in [1.807, 2.05) is 33.8 Å². The number of anilines is 2. The van der Waals surface area contributed by atoms with Crippen molar-refractivity contribution in [1.82, 2.24) is 19.4 Å². The molecule has 184 valence electrons. The van der Waals surface area contributed by atoms with E-state index in [-0.39, 0.29) is 17.7 Å². The zero-order chi connectivity index (χ0) is 25.2. The predicted octanol–water partition coefficient (Wildman–Crippen LogP) is 3.18. The summed E-state index contributed by atoms with van der Waals surface area (Å²) in [5, 5.41) is 2.80. The molecule has 0 aliphatic carbocycles. The molecule has 3 heterocycles. The van der Waals surface area contributed by atoms with Gasteiger partial charge in [0, 0.05) is 43.6 Å². The van der Waals surface area contributed by atoms with Gasteiger partial charge in [-0.3, -0.25) is 9.36 Å². The van der Waals surface area contributed by atoms with Crippen molar-refractivity contribution in [3.05, 3.63) is 70.5 Å². The molecular formula is C25H30N6O4. The highest BCUT2D eigenvalue weighted by molar-refractivity contribution is 6.03. The van der Waals surface area contributed by atoms with E-state index in [2.05, 4.69) is 20.2 Å². The summed E-state index contributed by atoms with van der Waals surface area (Å²) in [7, 11) is 0. The number of aryl methyl sites for hydroxylation is 1. The average Bonchev–Trinajstić information content (AvgIpc) is 3.16. The van der Waals surface area contributed by atoms with E-state index in [1.165, 1.54) is 4.57 Å². The second-order valence-electron chi connectivity index (χ2n) is 9.43. The van der Waals surface area contributed by atoms with Crippen LogP contribution in [0, 0.1) is 6.92 Å². The number of carbonyl (C=O) groups excluding carboxylic acids is 2. The van der Waals surface area contributed by atoms with Gasteiger partial charge in [0.05, 0.1) is 17.6 Å². The maximum Gasteiger partial charge on any atom is 0.410 e. The van der Waals surface area contributed by atoms with Gasteiger partial charge in [-0.15, -0.1) is 0 Å². The van der Waals surface area contributed by atoms with E-state index in [0.717, 1.165) is 11.4 Å². The summed E-state index contributed by atoms with van der Waals surface area (Å²) in [5.74, 6) is 0.147. The van der Waals surface area contributed by atoms with Gasteiger partial charge in [-0.2, -0.15) is 0 Å². The molecule has 2 aromatic heterocycles. The van der Waals surface area contributed by atoms with Crippen molar-refractivity contribution in [3.63, 3.8) is 0 Å². The number of hydrogen-bond donors (Lipinski definition) is 2. The number of imidazole rings is 1. The Kier molecular flexibility index (Phi) is 6.63. The van der Waals surface area contributed by atoms with Gasteiger partial charge in [-0.25, -0.2) is 14.6 Å². The van der Waals surface area contributed by atoms with Crippen molar-refractivity contribution < 1.29 is 14.3 Å². The molecular weight excluding hydrogens is 448 g/mol. The number of H-pyrrole nitrogens is 1. The van der Waals surface area contributed by atoms with Gasteiger partial charge in [-0.05, 0) is 64.1 Å². The first kappa shape index (κ1) is 24.1. The van der Waals surface area contributed by atoms with Crippen molar-refractivity contribution in [2.45, 2.75) is 33.3 Å². The minimum atomic E-state index is -0.513. The smallest absolute Gasteiger partial charge is 0.410 e. The third-order valence-electron chi connectivity index (χ3n) is 5.63. The number of carbonyl (C=O) groups is 2. The van der Waals surface area contributed by atoms with E-state index in [0.29, 0.717) is 43.2 Å². The van der Waals surface area contributed by atoms with Gasteiger partial charge < -0.3 is 24.8 Å². The lowest BCUT2D eigenvalue weighted by molar-refractivity contribution is 0.0240. The molecule has 35 heavy (non-hydrogen) atoms. The maximum absolute atomic E-state index is 12.6. The molecule has 10 nitrogen and oxygen atoms in total. The number of rotatable bonds is 4. The van der Waals surface area contributed by atoms with Crippen LogP contribution in [-0.4, -0.2) is 63.2 Å². The molecule has 4 rings (SSSR count). The molecule has 1 fully saturated rings. The fourth-order valence-corrected chi connectivity index (χ4v) is 3.85. The SMILES string of the molecule is Cc1c[nH]c(=O)n1-c1ccc(C(=O)Nc2ccc(N3CCN(C(=O)OC(C)(C)C)CC3)cn2)cc1. The number of ether oxygens (including phenoxy) is 1. The molecule has 0 atom stereocenters. The Hall–Kier alpha value is -4.08. The molecule has 2 N–H and O–H groups in total. The Morgan fingerprint density at radius 1 is 1.00 bits per heavy atom. The minimum absolute atomic E-state index is 0.227. The molecule has 3 aromatic rings. The molecule has 1 aromatic carbocycles. The van der Waals surface area contributed by atoms with E-state index >= 15 is 0 Å². The number of nitrogens with zero attached hydrogens (tertiary/aromatic N) is 4. The molecule has 0 spiro atoms. The van der Waals surface area contributed by atoms with Crippen LogP contribution in [0.25, 0.3) is 5.69 Å². The Labute approximate surface area is 203 Å². The van der Waals surface area contributed by atoms with Crippen LogP contribution in [0.3, 0.4) is 0 Å². The molecule has 0 bridgehead atoms. The average molecular weight is 479 g/mol. The highest BCUT2D eigenvalue weighted by Crippen LogP contribution is 2.19. The first-order valence-corrected chi connectivity index (χ1v) is 11.5. The second kappa shape index (κ2) is 9.65. The standard InChI is InChI=1S/C25H30N6O4/c1-17-15-27-23(33)31(17)19-7-5-18(6-8-19)22(32)28-21-10-9-20(16-26-21)29-11-13-30(14-12-29)24(34)35-25(2,3)4/h5-10,15-16H,11-14H2,1-4H3,(H,27,33)(H,26,28,32). The Bertz CT molecular complexity index is 1250. The number of benzene rings is 1. The Morgan fingerprint density at radius 2 is 1.66 bits per heavy atom. The summed E-state index contributed by atoms with van der Waals surface area (Å²) in [6.45, 7) is 9.87. The fraction of sp³-hybridized carbons (Fsp3) is 0.360. The van der Waals surface area contributed by atoms with Crippen LogP contribution in [-0.2, 0) is 4.74 Å². The number of aromatic nitrogens is 3. The van der Waals surface area contributed by atoms with Crippen LogP contribution < -0.4 is 15.9 Å². The lowest BCUT2D eigenvalue weighted by atomic mass is 10.2. The number of aromatic amines is 1. The number of piperazine rings is 1. The van der Waals surface area contributed by atoms with Gasteiger partial charge >= 0.3 is 11.8 Å². The molecule has 1 saturated heterocycles. The van der Waals surface area contributed by atoms with Crippen molar-refractivity contribution in [2.24, 2.45) is 0 Å². The highest BCUT2D eigenvalue weighted by atomic mass is 16.6. The van der Waals surface area contributed by atoms with Gasteiger partial charge in [0.2, 0.25) is 0 Å². The minimum Gasteiger partial charge on any atom is -0.444 e. The molecule has 2 amide bonds. The van der Waals surface area contributed by atoms with Crippen LogP contribution in [0.4, 0.5) is 16.3 Å². The van der Waals surface area contributed by atoms with E-state index in [4.69, 9.17) is 4.74 Å². The van der Waals surface area contributed by atoms with Crippen LogP contribution in [0.1, 0.15) is 36.8 Å². The molecule has 1 aliphatic rings. The zero-order valence-electron chi connectivity index (χ0n) is 20.4. The normalized spacial score (nSPS) is 14.1. The van der Waals surface area contributed by atoms with Crippen LogP contribution in [0.2, 0.25) is 0 Å². The third-order valence-corrected chi connectivity index (χ3v) is 5.63. The summed E-state index contributed by atoms with van der Waals surface area (Å²) >= 11 is 0. The van der Waals surface area contributed by atoms with Crippen molar-refractivity contribution in [1.29, 1.82) is 0 Å². The van der Waals surface area contributed by atoms with Gasteiger partial charge in [-0.1, -0.05) is 0 Å². The van der Waals surface area contributed by atoms with E-state index < -0.39 is 5.60 Å². The molecule has 0 radical (unpaired) electrons. The summed E-state index contributed by atoms with van der Waals surface area (Å²) in [4.78, 5) is 47.7. The second-order valence-corrected chi connectivity index (χ2v) is 9.43. The highest BCUT2D eigenvalue weighted by Gasteiger charge is 2.26. The van der Waals surface area contributed by atoms with Gasteiger partial charge in [0.1, 0.15) is 11.4 Å². The van der Waals surface area contributed by atoms with Crippen molar-refractivity contribution >= 4 is 23.5 Å². The zero-order valence-corrected chi connectivity index (χ0v) is 20.4. The molecule has 10 heteroatoms. The quantitative estimate of drug-likeness (QED) is 0.596. The number of amides is 2. The summed E-state index contributed by atoms with van der Waals surface area (Å²) < 4.78 is 6.98. The van der Waals surface area contributed by atoms with Crippen molar-refractivity contribution in [3.8, 4) is 5.69 Å². The van der Waals surface area contributed by atoms with E-state index in [9.17, 15) is 14.4 Å². The van der Waals surface area contributed by atoms with Crippen molar-refractivity contribution in [2.75, 3.05) is 36.4 Å². The Balaban J connectivity index is 1.33. The van der Waals surface area contributed by atoms with Crippen LogP contribution in [0.5, 0.6) is 0 Å². The predicted molar refractivity (Wildman–Crippen MR) is 133 cm³/mol. The largest absolute Gasteiger partial charge is 0.444 e. The lowest BCUT2D eigenvalue weighted by Gasteiger charge is -2.36. The van der Waals surface area contributed by atoms with E-state index in [1.54, 1.807) is 47.6 Å². The molecule has 0 saturated carbocycles. The first-order chi connectivity index (χ1) is 16.6. The maximum atomic E-state index is 12.6.